The Morgan fingerprint density at radius 1 is 1.23 bits per heavy atom. The lowest BCUT2D eigenvalue weighted by Crippen LogP contribution is -2.45. The summed E-state index contributed by atoms with van der Waals surface area (Å²) in [5.41, 5.74) is 12.0. The molecule has 0 bridgehead atoms. The van der Waals surface area contributed by atoms with E-state index in [2.05, 4.69) is 9.97 Å². The van der Waals surface area contributed by atoms with Crippen LogP contribution in [0, 0.1) is 5.92 Å². The minimum atomic E-state index is -0.720. The molecule has 4 N–H and O–H groups in total. The van der Waals surface area contributed by atoms with E-state index in [1.54, 1.807) is 11.3 Å². The van der Waals surface area contributed by atoms with Gasteiger partial charge in [0.15, 0.2) is 5.82 Å². The first-order valence-corrected chi connectivity index (χ1v) is 11.4. The summed E-state index contributed by atoms with van der Waals surface area (Å²) in [4.78, 5) is 28.9. The second-order valence-electron chi connectivity index (χ2n) is 7.77. The van der Waals surface area contributed by atoms with Crippen LogP contribution in [0.4, 0.5) is 11.8 Å². The Hall–Kier alpha value is -2.03. The summed E-state index contributed by atoms with van der Waals surface area (Å²) in [6.45, 7) is 3.78. The quantitative estimate of drug-likeness (QED) is 0.597. The molecule has 0 aliphatic heterocycles. The molecule has 1 aliphatic carbocycles. The van der Waals surface area contributed by atoms with Gasteiger partial charge >= 0.3 is 5.97 Å². The number of anilines is 2. The highest BCUT2D eigenvalue weighted by atomic mass is 35.5. The molecule has 9 heteroatoms. The van der Waals surface area contributed by atoms with Crippen molar-refractivity contribution in [1.29, 1.82) is 0 Å². The normalized spacial score (nSPS) is 15.8. The predicted octanol–water partition coefficient (Wildman–Crippen LogP) is 4.44. The summed E-state index contributed by atoms with van der Waals surface area (Å²) in [5.74, 6) is 0.0911. The summed E-state index contributed by atoms with van der Waals surface area (Å²) in [6, 6.07) is 6.77. The van der Waals surface area contributed by atoms with Crippen LogP contribution in [0.15, 0.2) is 40.3 Å². The Bertz CT molecular complexity index is 859. The van der Waals surface area contributed by atoms with Gasteiger partial charge in [-0.05, 0) is 43.0 Å². The highest BCUT2D eigenvalue weighted by Crippen LogP contribution is 2.37. The zero-order chi connectivity index (χ0) is 21.7. The Morgan fingerprint density at radius 2 is 1.90 bits per heavy atom. The maximum Gasteiger partial charge on any atom is 0.349 e. The molecule has 1 atom stereocenters. The third-order valence-electron chi connectivity index (χ3n) is 5.09. The van der Waals surface area contributed by atoms with Gasteiger partial charge in [0.25, 0.3) is 0 Å². The lowest BCUT2D eigenvalue weighted by atomic mass is 9.95. The van der Waals surface area contributed by atoms with Crippen molar-refractivity contribution in [1.82, 2.24) is 9.97 Å². The van der Waals surface area contributed by atoms with Gasteiger partial charge in [0.1, 0.15) is 6.04 Å². The van der Waals surface area contributed by atoms with Crippen LogP contribution in [0.5, 0.6) is 0 Å². The minimum Gasteiger partial charge on any atom is -0.368 e. The molecule has 1 saturated carbocycles. The van der Waals surface area contributed by atoms with Gasteiger partial charge in [-0.3, -0.25) is 0 Å². The molecule has 0 radical (unpaired) electrons. The molecule has 1 fully saturated rings. The third kappa shape index (κ3) is 5.77. The largest absolute Gasteiger partial charge is 0.368 e. The fourth-order valence-electron chi connectivity index (χ4n) is 3.27. The van der Waals surface area contributed by atoms with E-state index in [9.17, 15) is 4.79 Å². The second kappa shape index (κ2) is 10.3. The Morgan fingerprint density at radius 3 is 2.53 bits per heavy atom. The molecule has 0 unspecified atom stereocenters. The van der Waals surface area contributed by atoms with Gasteiger partial charge in [-0.1, -0.05) is 56.5 Å². The summed E-state index contributed by atoms with van der Waals surface area (Å²) in [7, 11) is 0. The van der Waals surface area contributed by atoms with E-state index < -0.39 is 12.0 Å². The molecule has 0 saturated heterocycles. The number of nitrogen functional groups attached to an aromatic ring is 1. The van der Waals surface area contributed by atoms with Crippen LogP contribution in [0.3, 0.4) is 0 Å². The number of carbonyl (C=O) groups excluding carboxylic acids is 1. The molecule has 1 aliphatic rings. The fourth-order valence-corrected chi connectivity index (χ4v) is 4.26. The topological polar surface area (TPSA) is 107 Å². The zero-order valence-electron chi connectivity index (χ0n) is 17.3. The van der Waals surface area contributed by atoms with E-state index >= 15 is 0 Å². The molecular formula is C21H28ClN5O2S. The smallest absolute Gasteiger partial charge is 0.349 e. The number of rotatable bonds is 7. The number of halogens is 1. The number of nitrogens with zero attached hydrogens (tertiary/aromatic N) is 3. The maximum atomic E-state index is 12.7. The molecule has 0 spiro atoms. The Labute approximate surface area is 186 Å². The van der Waals surface area contributed by atoms with Crippen molar-refractivity contribution in [2.75, 3.05) is 10.8 Å². The second-order valence-corrected chi connectivity index (χ2v) is 9.32. The number of nitrogens with two attached hydrogens (primary N) is 2. The van der Waals surface area contributed by atoms with Crippen molar-refractivity contribution in [3.05, 3.63) is 35.5 Å². The molecule has 1 heterocycles. The molecule has 1 aromatic carbocycles. The molecule has 7 nitrogen and oxygen atoms in total. The molecule has 30 heavy (non-hydrogen) atoms. The predicted molar refractivity (Wildman–Crippen MR) is 120 cm³/mol. The third-order valence-corrected chi connectivity index (χ3v) is 6.36. The number of hydroxylamine groups is 1. The number of benzene rings is 1. The highest BCUT2D eigenvalue weighted by molar-refractivity contribution is 7.99. The summed E-state index contributed by atoms with van der Waals surface area (Å²) < 4.78 is 0. The standard InChI is InChI=1S/C21H28ClN5O2S/c1-13(2)18(23)20(28)29-27(15-6-4-3-5-7-15)19-17(12-25-21(24)26-19)30-16-10-8-14(22)9-11-16/h8-13,15,18H,3-7,23H2,1-2H3,(H2,24,25,26)/t18-/m0/s1. The van der Waals surface area contributed by atoms with Gasteiger partial charge in [0.2, 0.25) is 5.95 Å². The molecule has 162 valence electrons. The van der Waals surface area contributed by atoms with Crippen LogP contribution >= 0.6 is 23.4 Å². The average molecular weight is 450 g/mol. The van der Waals surface area contributed by atoms with E-state index in [0.29, 0.717) is 10.8 Å². The molecular weight excluding hydrogens is 422 g/mol. The SMILES string of the molecule is CC(C)[C@H](N)C(=O)ON(c1nc(N)ncc1Sc1ccc(Cl)cc1)C1CCCCC1. The van der Waals surface area contributed by atoms with Crippen LogP contribution in [0.1, 0.15) is 46.0 Å². The summed E-state index contributed by atoms with van der Waals surface area (Å²) in [6.07, 6.45) is 6.76. The van der Waals surface area contributed by atoms with Gasteiger partial charge < -0.3 is 16.3 Å². The molecule has 1 aromatic heterocycles. The molecule has 0 amide bonds. The minimum absolute atomic E-state index is 0.0148. The van der Waals surface area contributed by atoms with Crippen LogP contribution in [0.25, 0.3) is 0 Å². The highest BCUT2D eigenvalue weighted by Gasteiger charge is 2.31. The lowest BCUT2D eigenvalue weighted by molar-refractivity contribution is -0.149. The van der Waals surface area contributed by atoms with Crippen molar-refractivity contribution in [2.45, 2.75) is 67.8 Å². The van der Waals surface area contributed by atoms with Gasteiger partial charge in [-0.25, -0.2) is 9.78 Å². The Balaban J connectivity index is 1.95. The van der Waals surface area contributed by atoms with E-state index in [1.807, 2.05) is 38.1 Å². The zero-order valence-corrected chi connectivity index (χ0v) is 18.8. The van der Waals surface area contributed by atoms with Gasteiger partial charge in [-0.15, -0.1) is 0 Å². The first-order valence-electron chi connectivity index (χ1n) is 10.2. The van der Waals surface area contributed by atoms with E-state index in [4.69, 9.17) is 27.9 Å². The van der Waals surface area contributed by atoms with Crippen LogP contribution in [-0.2, 0) is 9.63 Å². The Kier molecular flexibility index (Phi) is 7.80. The maximum absolute atomic E-state index is 12.7. The molecule has 3 rings (SSSR count). The van der Waals surface area contributed by atoms with Crippen molar-refractivity contribution < 1.29 is 9.63 Å². The first-order chi connectivity index (χ1) is 14.3. The van der Waals surface area contributed by atoms with Crippen molar-refractivity contribution in [3.8, 4) is 0 Å². The van der Waals surface area contributed by atoms with E-state index in [0.717, 1.165) is 35.5 Å². The number of hydrogen-bond donors (Lipinski definition) is 2. The number of hydrogen-bond acceptors (Lipinski definition) is 8. The van der Waals surface area contributed by atoms with Crippen molar-refractivity contribution >= 4 is 41.1 Å². The van der Waals surface area contributed by atoms with Gasteiger partial charge in [0.05, 0.1) is 10.9 Å². The van der Waals surface area contributed by atoms with Crippen molar-refractivity contribution in [2.24, 2.45) is 11.7 Å². The van der Waals surface area contributed by atoms with Crippen LogP contribution in [0.2, 0.25) is 5.02 Å². The van der Waals surface area contributed by atoms with Gasteiger partial charge in [-0.2, -0.15) is 10.0 Å². The number of carbonyl (C=O) groups is 1. The van der Waals surface area contributed by atoms with Gasteiger partial charge in [0, 0.05) is 16.1 Å². The fraction of sp³-hybridized carbons (Fsp3) is 0.476. The monoisotopic (exact) mass is 449 g/mol. The first kappa shape index (κ1) is 22.7. The van der Waals surface area contributed by atoms with Crippen LogP contribution in [-0.4, -0.2) is 28.0 Å². The lowest BCUT2D eigenvalue weighted by Gasteiger charge is -2.34. The van der Waals surface area contributed by atoms with E-state index in [1.165, 1.54) is 18.2 Å². The molecule has 2 aromatic rings. The average Bonchev–Trinajstić information content (AvgIpc) is 2.74. The van der Waals surface area contributed by atoms with Crippen LogP contribution < -0.4 is 16.5 Å². The number of aromatic nitrogens is 2. The van der Waals surface area contributed by atoms with Crippen molar-refractivity contribution in [3.63, 3.8) is 0 Å². The summed E-state index contributed by atoms with van der Waals surface area (Å²) in [5, 5.41) is 2.27. The summed E-state index contributed by atoms with van der Waals surface area (Å²) >= 11 is 7.47. The van der Waals surface area contributed by atoms with E-state index in [-0.39, 0.29) is 17.9 Å².